The van der Waals surface area contributed by atoms with Crippen molar-refractivity contribution in [1.82, 2.24) is 40.2 Å². The number of halogens is 1. The monoisotopic (exact) mass is 505 g/mol. The Balaban J connectivity index is 1.35. The molecule has 1 amide bonds. The summed E-state index contributed by atoms with van der Waals surface area (Å²) in [5.41, 5.74) is 2.06. The molecule has 12 heteroatoms. The summed E-state index contributed by atoms with van der Waals surface area (Å²) in [6, 6.07) is 7.63. The molecule has 3 aromatic heterocycles. The molecule has 1 aromatic carbocycles. The smallest absolute Gasteiger partial charge is 0.293 e. The Morgan fingerprint density at radius 3 is 2.86 bits per heavy atom. The number of aromatic nitrogens is 7. The molecule has 0 bridgehead atoms. The number of hydrogen-bond acceptors (Lipinski definition) is 9. The fraction of sp³-hybridized carbons (Fsp3) is 0.400. The minimum absolute atomic E-state index is 0.0975. The van der Waals surface area contributed by atoms with E-state index in [2.05, 4.69) is 46.9 Å². The lowest BCUT2D eigenvalue weighted by molar-refractivity contribution is 0.0921. The van der Waals surface area contributed by atoms with Gasteiger partial charge in [0.2, 0.25) is 11.8 Å². The van der Waals surface area contributed by atoms with Gasteiger partial charge in [0.15, 0.2) is 11.6 Å². The van der Waals surface area contributed by atoms with E-state index in [0.717, 1.165) is 42.4 Å². The molecule has 2 N–H and O–H groups in total. The Bertz CT molecular complexity index is 1410. The second-order valence-corrected chi connectivity index (χ2v) is 9.76. The Hall–Kier alpha value is -4.22. The van der Waals surface area contributed by atoms with Crippen LogP contribution in [0, 0.1) is 0 Å². The average molecular weight is 506 g/mol. The van der Waals surface area contributed by atoms with Crippen LogP contribution < -0.4 is 10.6 Å². The number of carbonyl (C=O) groups is 1. The molecule has 4 aromatic rings. The summed E-state index contributed by atoms with van der Waals surface area (Å²) in [4.78, 5) is 30.1. The third kappa shape index (κ3) is 5.32. The molecule has 0 radical (unpaired) electrons. The van der Waals surface area contributed by atoms with Gasteiger partial charge in [0.05, 0.1) is 11.5 Å². The van der Waals surface area contributed by atoms with Gasteiger partial charge in [0, 0.05) is 24.9 Å². The molecule has 0 spiro atoms. The zero-order valence-corrected chi connectivity index (χ0v) is 20.9. The van der Waals surface area contributed by atoms with E-state index < -0.39 is 18.0 Å². The van der Waals surface area contributed by atoms with Gasteiger partial charge >= 0.3 is 0 Å². The van der Waals surface area contributed by atoms with E-state index in [-0.39, 0.29) is 17.8 Å². The van der Waals surface area contributed by atoms with Crippen molar-refractivity contribution in [3.8, 4) is 11.4 Å². The predicted octanol–water partition coefficient (Wildman–Crippen LogP) is 3.84. The lowest BCUT2D eigenvalue weighted by atomic mass is 9.96. The van der Waals surface area contributed by atoms with Crippen molar-refractivity contribution in [1.29, 1.82) is 0 Å². The zero-order chi connectivity index (χ0) is 26.0. The molecule has 1 unspecified atom stereocenters. The van der Waals surface area contributed by atoms with E-state index in [1.807, 2.05) is 31.4 Å². The molecule has 11 nitrogen and oxygen atoms in total. The number of fused-ring (bicyclic) bond motifs is 1. The SMILES string of the molecule is Cn1ccc(Nc2ncnc(-c3ccc4c(c3)CCCCC4NC(=O)c3noc(C(C)(C)CF)n3)n2)n1. The van der Waals surface area contributed by atoms with Gasteiger partial charge in [0.25, 0.3) is 11.7 Å². The summed E-state index contributed by atoms with van der Waals surface area (Å²) < 4.78 is 20.1. The van der Waals surface area contributed by atoms with Gasteiger partial charge in [-0.05, 0) is 50.3 Å². The molecule has 3 heterocycles. The number of rotatable bonds is 7. The molecule has 0 saturated heterocycles. The van der Waals surface area contributed by atoms with Crippen LogP contribution >= 0.6 is 0 Å². The quantitative estimate of drug-likeness (QED) is 0.359. The lowest BCUT2D eigenvalue weighted by Gasteiger charge is -2.19. The summed E-state index contributed by atoms with van der Waals surface area (Å²) >= 11 is 0. The first kappa shape index (κ1) is 24.5. The summed E-state index contributed by atoms with van der Waals surface area (Å²) in [5.74, 6) is 1.13. The maximum Gasteiger partial charge on any atom is 0.293 e. The van der Waals surface area contributed by atoms with Crippen LogP contribution in [0.5, 0.6) is 0 Å². The van der Waals surface area contributed by atoms with Crippen LogP contribution in [0.15, 0.2) is 41.3 Å². The molecule has 1 aliphatic rings. The standard InChI is InChI=1S/C25H28FN9O2/c1-25(2,13-26)23-31-21(34-37-23)22(36)29-18-7-5-4-6-15-12-16(8-9-17(15)18)20-27-14-28-24(32-20)30-19-10-11-35(3)33-19/h8-12,14,18H,4-7,13H2,1-3H3,(H,29,36)(H,27,28,30,32,33). The van der Waals surface area contributed by atoms with Crippen LogP contribution in [0.3, 0.4) is 0 Å². The molecule has 1 atom stereocenters. The molecule has 1 aliphatic carbocycles. The molecule has 0 fully saturated rings. The van der Waals surface area contributed by atoms with Gasteiger partial charge in [-0.15, -0.1) is 0 Å². The Morgan fingerprint density at radius 2 is 2.08 bits per heavy atom. The fourth-order valence-electron chi connectivity index (χ4n) is 4.23. The van der Waals surface area contributed by atoms with Gasteiger partial charge in [0.1, 0.15) is 13.0 Å². The zero-order valence-electron chi connectivity index (χ0n) is 20.9. The van der Waals surface area contributed by atoms with Crippen molar-refractivity contribution in [2.45, 2.75) is 51.0 Å². The highest BCUT2D eigenvalue weighted by Crippen LogP contribution is 2.32. The summed E-state index contributed by atoms with van der Waals surface area (Å²) in [6.07, 6.45) is 6.88. The van der Waals surface area contributed by atoms with E-state index in [1.54, 1.807) is 18.5 Å². The van der Waals surface area contributed by atoms with Crippen LogP contribution in [-0.4, -0.2) is 47.5 Å². The van der Waals surface area contributed by atoms with Gasteiger partial charge in [-0.2, -0.15) is 15.1 Å². The van der Waals surface area contributed by atoms with Crippen LogP contribution in [0.25, 0.3) is 11.4 Å². The highest BCUT2D eigenvalue weighted by Gasteiger charge is 2.30. The average Bonchev–Trinajstić information content (AvgIpc) is 3.51. The van der Waals surface area contributed by atoms with E-state index in [1.165, 1.54) is 6.33 Å². The van der Waals surface area contributed by atoms with Gasteiger partial charge in [-0.3, -0.25) is 9.48 Å². The molecule has 192 valence electrons. The van der Waals surface area contributed by atoms with Crippen LogP contribution in [0.1, 0.15) is 66.8 Å². The van der Waals surface area contributed by atoms with Gasteiger partial charge in [-0.25, -0.2) is 14.4 Å². The topological polar surface area (TPSA) is 137 Å². The molecular formula is C25H28FN9O2. The number of hydrogen-bond donors (Lipinski definition) is 2. The minimum atomic E-state index is -0.946. The van der Waals surface area contributed by atoms with Crippen LogP contribution in [-0.2, 0) is 18.9 Å². The largest absolute Gasteiger partial charge is 0.342 e. The predicted molar refractivity (Wildman–Crippen MR) is 133 cm³/mol. The summed E-state index contributed by atoms with van der Waals surface area (Å²) in [7, 11) is 1.84. The summed E-state index contributed by atoms with van der Waals surface area (Å²) in [6.45, 7) is 2.62. The molecular weight excluding hydrogens is 477 g/mol. The number of nitrogens with one attached hydrogen (secondary N) is 2. The Labute approximate surface area is 212 Å². The number of aryl methyl sites for hydroxylation is 2. The molecule has 5 rings (SSSR count). The molecule has 0 saturated carbocycles. The van der Waals surface area contributed by atoms with Gasteiger partial charge < -0.3 is 15.2 Å². The van der Waals surface area contributed by atoms with Crippen molar-refractivity contribution >= 4 is 17.7 Å². The molecule has 0 aliphatic heterocycles. The van der Waals surface area contributed by atoms with E-state index in [4.69, 9.17) is 4.52 Å². The van der Waals surface area contributed by atoms with Crippen molar-refractivity contribution in [3.05, 3.63) is 59.6 Å². The second-order valence-electron chi connectivity index (χ2n) is 9.76. The summed E-state index contributed by atoms with van der Waals surface area (Å²) in [5, 5.41) is 14.2. The Kier molecular flexibility index (Phi) is 6.64. The number of nitrogens with zero attached hydrogens (tertiary/aromatic N) is 7. The highest BCUT2D eigenvalue weighted by molar-refractivity contribution is 5.90. The van der Waals surface area contributed by atoms with Crippen LogP contribution in [0.4, 0.5) is 16.2 Å². The van der Waals surface area contributed by atoms with Crippen molar-refractivity contribution in [2.24, 2.45) is 7.05 Å². The van der Waals surface area contributed by atoms with E-state index in [0.29, 0.717) is 17.6 Å². The highest BCUT2D eigenvalue weighted by atomic mass is 19.1. The molecule has 37 heavy (non-hydrogen) atoms. The maximum absolute atomic E-state index is 13.3. The van der Waals surface area contributed by atoms with Crippen LogP contribution in [0.2, 0.25) is 0 Å². The lowest BCUT2D eigenvalue weighted by Crippen LogP contribution is -2.30. The second kappa shape index (κ2) is 10.0. The Morgan fingerprint density at radius 1 is 1.22 bits per heavy atom. The van der Waals surface area contributed by atoms with Crippen molar-refractivity contribution < 1.29 is 13.7 Å². The van der Waals surface area contributed by atoms with E-state index in [9.17, 15) is 9.18 Å². The minimum Gasteiger partial charge on any atom is -0.342 e. The van der Waals surface area contributed by atoms with E-state index >= 15 is 0 Å². The van der Waals surface area contributed by atoms with Crippen molar-refractivity contribution in [2.75, 3.05) is 12.0 Å². The number of anilines is 2. The third-order valence-corrected chi connectivity index (χ3v) is 6.34. The number of amides is 1. The van der Waals surface area contributed by atoms with Crippen molar-refractivity contribution in [3.63, 3.8) is 0 Å². The third-order valence-electron chi connectivity index (χ3n) is 6.34. The first-order valence-electron chi connectivity index (χ1n) is 12.1. The number of benzene rings is 1. The number of carbonyl (C=O) groups excluding carboxylic acids is 1. The first-order chi connectivity index (χ1) is 17.8. The normalized spacial score (nSPS) is 15.6. The van der Waals surface area contributed by atoms with Gasteiger partial charge in [-0.1, -0.05) is 23.7 Å². The maximum atomic E-state index is 13.3. The number of alkyl halides is 1. The fourth-order valence-corrected chi connectivity index (χ4v) is 4.23. The first-order valence-corrected chi connectivity index (χ1v) is 12.1.